The van der Waals surface area contributed by atoms with Crippen molar-refractivity contribution in [1.29, 1.82) is 0 Å². The maximum atomic E-state index is 13.0. The van der Waals surface area contributed by atoms with Gasteiger partial charge in [-0.3, -0.25) is 9.78 Å². The second-order valence-corrected chi connectivity index (χ2v) is 9.30. The van der Waals surface area contributed by atoms with Gasteiger partial charge in [0.2, 0.25) is 0 Å². The fourth-order valence-corrected chi connectivity index (χ4v) is 5.13. The Bertz CT molecular complexity index is 1310. The number of aromatic nitrogens is 1. The molecular formula is C27H25N3O3S. The van der Waals surface area contributed by atoms with E-state index in [1.807, 2.05) is 54.6 Å². The number of pyridine rings is 1. The number of nitrogens with one attached hydrogen (secondary N) is 1. The molecule has 0 spiro atoms. The molecule has 1 fully saturated rings. The lowest BCUT2D eigenvalue weighted by atomic mass is 9.84. The standard InChI is InChI=1S/C27H25N3O3S/c31-23-8-2-1-7-22(23)27(33)14-17-30(18-15-27)26(32)20-10-12-21(13-11-20)29-34-24-9-3-5-19-6-4-16-28-25(19)24/h1-13,16,29,31,33H,14-15,17-18H2. The van der Waals surface area contributed by atoms with Crippen molar-refractivity contribution in [2.45, 2.75) is 23.3 Å². The number of para-hydroxylation sites is 2. The Balaban J connectivity index is 1.21. The van der Waals surface area contributed by atoms with E-state index in [4.69, 9.17) is 0 Å². The van der Waals surface area contributed by atoms with Gasteiger partial charge >= 0.3 is 0 Å². The summed E-state index contributed by atoms with van der Waals surface area (Å²) in [5.74, 6) is 0.0295. The number of carbonyl (C=O) groups is 1. The van der Waals surface area contributed by atoms with E-state index < -0.39 is 5.60 Å². The van der Waals surface area contributed by atoms with Gasteiger partial charge in [-0.05, 0) is 67.3 Å². The number of fused-ring (bicyclic) bond motifs is 1. The molecular weight excluding hydrogens is 446 g/mol. The third-order valence-electron chi connectivity index (χ3n) is 6.29. The number of hydrogen-bond acceptors (Lipinski definition) is 6. The molecule has 1 saturated heterocycles. The first-order valence-corrected chi connectivity index (χ1v) is 12.0. The Morgan fingerprint density at radius 2 is 1.68 bits per heavy atom. The fraction of sp³-hybridized carbons (Fsp3) is 0.185. The molecule has 0 radical (unpaired) electrons. The highest BCUT2D eigenvalue weighted by atomic mass is 32.2. The van der Waals surface area contributed by atoms with Crippen LogP contribution in [0, 0.1) is 0 Å². The van der Waals surface area contributed by atoms with Gasteiger partial charge in [0.25, 0.3) is 5.91 Å². The van der Waals surface area contributed by atoms with Crippen LogP contribution in [-0.2, 0) is 5.60 Å². The Kier molecular flexibility index (Phi) is 6.13. The van der Waals surface area contributed by atoms with Gasteiger partial charge in [-0.15, -0.1) is 0 Å². The predicted molar refractivity (Wildman–Crippen MR) is 135 cm³/mol. The molecule has 3 aromatic carbocycles. The van der Waals surface area contributed by atoms with E-state index >= 15 is 0 Å². The molecule has 0 unspecified atom stereocenters. The predicted octanol–water partition coefficient (Wildman–Crippen LogP) is 5.18. The van der Waals surface area contributed by atoms with E-state index in [9.17, 15) is 15.0 Å². The van der Waals surface area contributed by atoms with Gasteiger partial charge in [0, 0.05) is 41.5 Å². The summed E-state index contributed by atoms with van der Waals surface area (Å²) in [6.45, 7) is 0.848. The lowest BCUT2D eigenvalue weighted by molar-refractivity contribution is -0.0225. The van der Waals surface area contributed by atoms with E-state index in [1.54, 1.807) is 35.4 Å². The van der Waals surface area contributed by atoms with Crippen LogP contribution in [0.2, 0.25) is 0 Å². The van der Waals surface area contributed by atoms with Crippen LogP contribution < -0.4 is 4.72 Å². The minimum atomic E-state index is -1.12. The monoisotopic (exact) mass is 471 g/mol. The smallest absolute Gasteiger partial charge is 0.253 e. The first-order chi connectivity index (χ1) is 16.5. The SMILES string of the molecule is O=C(c1ccc(NSc2cccc3cccnc23)cc1)N1CCC(O)(c2ccccc2O)CC1. The number of phenols is 1. The van der Waals surface area contributed by atoms with Crippen molar-refractivity contribution in [2.75, 3.05) is 17.8 Å². The summed E-state index contributed by atoms with van der Waals surface area (Å²) in [6, 6.07) is 24.3. The highest BCUT2D eigenvalue weighted by Gasteiger charge is 2.37. The number of anilines is 1. The maximum absolute atomic E-state index is 13.0. The van der Waals surface area contributed by atoms with Crippen LogP contribution in [0.1, 0.15) is 28.8 Å². The molecule has 0 atom stereocenters. The summed E-state index contributed by atoms with van der Waals surface area (Å²) in [5.41, 5.74) is 1.85. The molecule has 4 aromatic rings. The lowest BCUT2D eigenvalue weighted by Crippen LogP contribution is -2.45. The van der Waals surface area contributed by atoms with Crippen LogP contribution >= 0.6 is 11.9 Å². The van der Waals surface area contributed by atoms with Crippen molar-refractivity contribution in [3.63, 3.8) is 0 Å². The largest absolute Gasteiger partial charge is 0.508 e. The lowest BCUT2D eigenvalue weighted by Gasteiger charge is -2.38. The molecule has 0 aliphatic carbocycles. The highest BCUT2D eigenvalue weighted by molar-refractivity contribution is 8.00. The van der Waals surface area contributed by atoms with Gasteiger partial charge in [0.1, 0.15) is 5.75 Å². The average molecular weight is 472 g/mol. The van der Waals surface area contributed by atoms with Gasteiger partial charge in [-0.2, -0.15) is 0 Å². The summed E-state index contributed by atoms with van der Waals surface area (Å²) in [4.78, 5) is 20.3. The van der Waals surface area contributed by atoms with Crippen LogP contribution in [0.15, 0.2) is 90.0 Å². The number of benzene rings is 3. The van der Waals surface area contributed by atoms with Gasteiger partial charge in [0.05, 0.1) is 16.0 Å². The van der Waals surface area contributed by atoms with Crippen LogP contribution in [0.3, 0.4) is 0 Å². The number of carbonyl (C=O) groups excluding carboxylic acids is 1. The fourth-order valence-electron chi connectivity index (χ4n) is 4.35. The Morgan fingerprint density at radius 3 is 2.44 bits per heavy atom. The van der Waals surface area contributed by atoms with Crippen LogP contribution in [0.4, 0.5) is 5.69 Å². The maximum Gasteiger partial charge on any atom is 0.253 e. The molecule has 0 saturated carbocycles. The highest BCUT2D eigenvalue weighted by Crippen LogP contribution is 2.37. The zero-order valence-corrected chi connectivity index (χ0v) is 19.3. The molecule has 2 heterocycles. The topological polar surface area (TPSA) is 85.7 Å². The Labute approximate surface area is 202 Å². The van der Waals surface area contributed by atoms with E-state index in [1.165, 1.54) is 11.9 Å². The molecule has 1 aromatic heterocycles. The number of piperidine rings is 1. The van der Waals surface area contributed by atoms with Crippen molar-refractivity contribution in [2.24, 2.45) is 0 Å². The van der Waals surface area contributed by atoms with E-state index in [2.05, 4.69) is 9.71 Å². The van der Waals surface area contributed by atoms with E-state index in [-0.39, 0.29) is 11.7 Å². The summed E-state index contributed by atoms with van der Waals surface area (Å²) < 4.78 is 3.33. The minimum Gasteiger partial charge on any atom is -0.508 e. The Morgan fingerprint density at radius 1 is 0.941 bits per heavy atom. The first-order valence-electron chi connectivity index (χ1n) is 11.2. The average Bonchev–Trinajstić information content (AvgIpc) is 2.88. The molecule has 3 N–H and O–H groups in total. The zero-order chi connectivity index (χ0) is 23.5. The summed E-state index contributed by atoms with van der Waals surface area (Å²) in [6.07, 6.45) is 2.55. The quantitative estimate of drug-likeness (QED) is 0.348. The summed E-state index contributed by atoms with van der Waals surface area (Å²) in [5, 5.41) is 22.2. The molecule has 1 amide bonds. The van der Waals surface area contributed by atoms with Gasteiger partial charge in [-0.1, -0.05) is 36.4 Å². The third-order valence-corrected chi connectivity index (χ3v) is 7.18. The van der Waals surface area contributed by atoms with Crippen molar-refractivity contribution in [3.05, 3.63) is 96.2 Å². The number of likely N-dealkylation sites (tertiary alicyclic amines) is 1. The molecule has 5 rings (SSSR count). The second kappa shape index (κ2) is 9.37. The van der Waals surface area contributed by atoms with E-state index in [0.717, 1.165) is 21.5 Å². The van der Waals surface area contributed by atoms with Crippen LogP contribution in [0.5, 0.6) is 5.75 Å². The molecule has 172 valence electrons. The molecule has 7 heteroatoms. The van der Waals surface area contributed by atoms with Crippen molar-refractivity contribution >= 4 is 34.4 Å². The number of aromatic hydroxyl groups is 1. The first kappa shape index (κ1) is 22.3. The van der Waals surface area contributed by atoms with Crippen LogP contribution in [-0.4, -0.2) is 39.1 Å². The van der Waals surface area contributed by atoms with Crippen molar-refractivity contribution in [1.82, 2.24) is 9.88 Å². The third kappa shape index (κ3) is 4.44. The molecule has 1 aliphatic rings. The summed E-state index contributed by atoms with van der Waals surface area (Å²) >= 11 is 1.49. The van der Waals surface area contributed by atoms with Crippen LogP contribution in [0.25, 0.3) is 10.9 Å². The number of nitrogens with zero attached hydrogens (tertiary/aromatic N) is 2. The number of phenolic OH excluding ortho intramolecular Hbond substituents is 1. The second-order valence-electron chi connectivity index (χ2n) is 8.45. The Hall–Kier alpha value is -3.55. The summed E-state index contributed by atoms with van der Waals surface area (Å²) in [7, 11) is 0. The number of aliphatic hydroxyl groups is 1. The normalized spacial score (nSPS) is 15.3. The molecule has 1 aliphatic heterocycles. The minimum absolute atomic E-state index is 0.0585. The van der Waals surface area contributed by atoms with Crippen molar-refractivity contribution in [3.8, 4) is 5.75 Å². The molecule has 6 nitrogen and oxygen atoms in total. The zero-order valence-electron chi connectivity index (χ0n) is 18.5. The van der Waals surface area contributed by atoms with Crippen molar-refractivity contribution < 1.29 is 15.0 Å². The van der Waals surface area contributed by atoms with Gasteiger partial charge < -0.3 is 19.8 Å². The number of rotatable bonds is 5. The molecule has 0 bridgehead atoms. The number of amides is 1. The number of hydrogen-bond donors (Lipinski definition) is 3. The van der Waals surface area contributed by atoms with Gasteiger partial charge in [0.15, 0.2) is 0 Å². The molecule has 34 heavy (non-hydrogen) atoms. The van der Waals surface area contributed by atoms with Gasteiger partial charge in [-0.25, -0.2) is 0 Å². The van der Waals surface area contributed by atoms with E-state index in [0.29, 0.717) is 37.1 Å².